The van der Waals surface area contributed by atoms with Crippen LogP contribution in [0.2, 0.25) is 0 Å². The Bertz CT molecular complexity index is 947. The van der Waals surface area contributed by atoms with Crippen LogP contribution in [0, 0.1) is 5.92 Å². The molecule has 0 bridgehead atoms. The minimum Gasteiger partial charge on any atom is -0.480 e. The standard InChI is InChI=1S/C25H30N2O6/c1-16(13-23(28)27-22(24(29)30)11-12-32-2)14-26-25(31)33-15-21-19-9-5-3-7-17(19)18-8-4-6-10-20(18)21/h3-10,16,21-22H,11-15H2,1-2H3,(H,26,31)(H,27,28)(H,29,30). The molecule has 0 aromatic heterocycles. The lowest BCUT2D eigenvalue weighted by Gasteiger charge is -2.17. The summed E-state index contributed by atoms with van der Waals surface area (Å²) in [4.78, 5) is 35.7. The third-order valence-electron chi connectivity index (χ3n) is 5.72. The number of benzene rings is 2. The first-order valence-electron chi connectivity index (χ1n) is 11.0. The quantitative estimate of drug-likeness (QED) is 0.481. The number of methoxy groups -OCH3 is 1. The van der Waals surface area contributed by atoms with Crippen LogP contribution >= 0.6 is 0 Å². The Hall–Kier alpha value is -3.39. The molecular formula is C25H30N2O6. The molecule has 1 aliphatic rings. The second kappa shape index (κ2) is 11.5. The summed E-state index contributed by atoms with van der Waals surface area (Å²) >= 11 is 0. The Balaban J connectivity index is 1.45. The molecule has 3 rings (SSSR count). The highest BCUT2D eigenvalue weighted by Crippen LogP contribution is 2.44. The summed E-state index contributed by atoms with van der Waals surface area (Å²) in [5.74, 6) is -1.71. The minimum atomic E-state index is -1.11. The maximum absolute atomic E-state index is 12.3. The molecule has 0 heterocycles. The fourth-order valence-corrected chi connectivity index (χ4v) is 4.04. The molecule has 1 aliphatic carbocycles. The fraction of sp³-hybridized carbons (Fsp3) is 0.400. The van der Waals surface area contributed by atoms with E-state index in [1.807, 2.05) is 24.3 Å². The van der Waals surface area contributed by atoms with E-state index in [0.717, 1.165) is 22.3 Å². The van der Waals surface area contributed by atoms with Crippen LogP contribution in [0.5, 0.6) is 0 Å². The zero-order valence-electron chi connectivity index (χ0n) is 18.9. The summed E-state index contributed by atoms with van der Waals surface area (Å²) in [5, 5.41) is 14.4. The summed E-state index contributed by atoms with van der Waals surface area (Å²) in [6.07, 6.45) is -0.280. The summed E-state index contributed by atoms with van der Waals surface area (Å²) in [5.41, 5.74) is 4.59. The lowest BCUT2D eigenvalue weighted by Crippen LogP contribution is -2.42. The Morgan fingerprint density at radius 2 is 1.64 bits per heavy atom. The second-order valence-corrected chi connectivity index (χ2v) is 8.26. The Morgan fingerprint density at radius 3 is 2.21 bits per heavy atom. The Labute approximate surface area is 193 Å². The molecule has 0 aliphatic heterocycles. The zero-order chi connectivity index (χ0) is 23.8. The third-order valence-corrected chi connectivity index (χ3v) is 5.72. The number of nitrogens with one attached hydrogen (secondary N) is 2. The molecule has 0 saturated carbocycles. The van der Waals surface area contributed by atoms with Gasteiger partial charge < -0.3 is 25.2 Å². The maximum atomic E-state index is 12.3. The second-order valence-electron chi connectivity index (χ2n) is 8.26. The number of carbonyl (C=O) groups is 3. The normalized spacial score (nSPS) is 14.0. The van der Waals surface area contributed by atoms with E-state index >= 15 is 0 Å². The van der Waals surface area contributed by atoms with Crippen molar-refractivity contribution in [1.29, 1.82) is 0 Å². The van der Waals surface area contributed by atoms with Crippen LogP contribution in [-0.2, 0) is 19.1 Å². The number of fused-ring (bicyclic) bond motifs is 3. The van der Waals surface area contributed by atoms with Crippen LogP contribution in [0.25, 0.3) is 11.1 Å². The monoisotopic (exact) mass is 454 g/mol. The van der Waals surface area contributed by atoms with Gasteiger partial charge in [0.15, 0.2) is 0 Å². The Kier molecular flexibility index (Phi) is 8.43. The number of amides is 2. The number of aliphatic carboxylic acids is 1. The van der Waals surface area contributed by atoms with Gasteiger partial charge in [-0.3, -0.25) is 4.79 Å². The van der Waals surface area contributed by atoms with Gasteiger partial charge in [0, 0.05) is 39.0 Å². The third kappa shape index (κ3) is 6.32. The van der Waals surface area contributed by atoms with Crippen molar-refractivity contribution in [3.63, 3.8) is 0 Å². The lowest BCUT2D eigenvalue weighted by molar-refractivity contribution is -0.142. The van der Waals surface area contributed by atoms with Crippen molar-refractivity contribution in [3.05, 3.63) is 59.7 Å². The van der Waals surface area contributed by atoms with Crippen LogP contribution in [0.3, 0.4) is 0 Å². The number of hydrogen-bond acceptors (Lipinski definition) is 5. The van der Waals surface area contributed by atoms with E-state index in [2.05, 4.69) is 34.9 Å². The molecule has 3 N–H and O–H groups in total. The average Bonchev–Trinajstić information content (AvgIpc) is 3.12. The molecule has 2 amide bonds. The van der Waals surface area contributed by atoms with Gasteiger partial charge in [0.25, 0.3) is 0 Å². The van der Waals surface area contributed by atoms with E-state index < -0.39 is 18.1 Å². The number of ether oxygens (including phenoxy) is 2. The molecule has 0 spiro atoms. The predicted octanol–water partition coefficient (Wildman–Crippen LogP) is 3.16. The summed E-state index contributed by atoms with van der Waals surface area (Å²) in [6, 6.07) is 15.2. The fourth-order valence-electron chi connectivity index (χ4n) is 4.04. The van der Waals surface area contributed by atoms with Crippen molar-refractivity contribution in [2.45, 2.75) is 31.7 Å². The molecule has 0 radical (unpaired) electrons. The van der Waals surface area contributed by atoms with Gasteiger partial charge in [-0.05, 0) is 28.2 Å². The van der Waals surface area contributed by atoms with Crippen molar-refractivity contribution in [1.82, 2.24) is 10.6 Å². The number of alkyl carbamates (subject to hydrolysis) is 1. The van der Waals surface area contributed by atoms with E-state index in [1.54, 1.807) is 6.92 Å². The van der Waals surface area contributed by atoms with E-state index in [4.69, 9.17) is 9.47 Å². The zero-order valence-corrected chi connectivity index (χ0v) is 18.9. The number of carbonyl (C=O) groups excluding carboxylic acids is 2. The first-order chi connectivity index (χ1) is 15.9. The lowest BCUT2D eigenvalue weighted by atomic mass is 9.98. The SMILES string of the molecule is COCCC(NC(=O)CC(C)CNC(=O)OCC1c2ccccc2-c2ccccc21)C(=O)O. The van der Waals surface area contributed by atoms with Crippen LogP contribution in [-0.4, -0.2) is 56.0 Å². The van der Waals surface area contributed by atoms with Crippen molar-refractivity contribution in [2.75, 3.05) is 26.9 Å². The van der Waals surface area contributed by atoms with Crippen LogP contribution in [0.4, 0.5) is 4.79 Å². The van der Waals surface area contributed by atoms with Gasteiger partial charge in [-0.2, -0.15) is 0 Å². The topological polar surface area (TPSA) is 114 Å². The van der Waals surface area contributed by atoms with Crippen LogP contribution in [0.1, 0.15) is 36.8 Å². The van der Waals surface area contributed by atoms with E-state index in [-0.39, 0.29) is 50.3 Å². The van der Waals surface area contributed by atoms with E-state index in [0.29, 0.717) is 0 Å². The van der Waals surface area contributed by atoms with Gasteiger partial charge in [0.05, 0.1) is 0 Å². The Morgan fingerprint density at radius 1 is 1.03 bits per heavy atom. The molecule has 0 saturated heterocycles. The molecule has 2 aromatic carbocycles. The van der Waals surface area contributed by atoms with Crippen LogP contribution in [0.15, 0.2) is 48.5 Å². The summed E-state index contributed by atoms with van der Waals surface area (Å²) < 4.78 is 10.4. The highest BCUT2D eigenvalue weighted by atomic mass is 16.5. The number of carboxylic acids is 1. The number of rotatable bonds is 11. The van der Waals surface area contributed by atoms with Gasteiger partial charge >= 0.3 is 12.1 Å². The highest BCUT2D eigenvalue weighted by molar-refractivity contribution is 5.83. The predicted molar refractivity (Wildman–Crippen MR) is 123 cm³/mol. The first-order valence-corrected chi connectivity index (χ1v) is 11.0. The average molecular weight is 455 g/mol. The maximum Gasteiger partial charge on any atom is 0.407 e. The molecule has 2 aromatic rings. The first kappa shape index (κ1) is 24.3. The van der Waals surface area contributed by atoms with E-state index in [9.17, 15) is 19.5 Å². The van der Waals surface area contributed by atoms with Gasteiger partial charge in [-0.25, -0.2) is 9.59 Å². The molecule has 8 heteroatoms. The van der Waals surface area contributed by atoms with Gasteiger partial charge in [0.1, 0.15) is 12.6 Å². The summed E-state index contributed by atoms with van der Waals surface area (Å²) in [7, 11) is 1.47. The van der Waals surface area contributed by atoms with Crippen molar-refractivity contribution >= 4 is 18.0 Å². The molecular weight excluding hydrogens is 424 g/mol. The smallest absolute Gasteiger partial charge is 0.407 e. The van der Waals surface area contributed by atoms with E-state index in [1.165, 1.54) is 7.11 Å². The van der Waals surface area contributed by atoms with Gasteiger partial charge in [-0.15, -0.1) is 0 Å². The molecule has 2 unspecified atom stereocenters. The largest absolute Gasteiger partial charge is 0.480 e. The van der Waals surface area contributed by atoms with Crippen LogP contribution < -0.4 is 10.6 Å². The molecule has 0 fully saturated rings. The van der Waals surface area contributed by atoms with Crippen molar-refractivity contribution < 1.29 is 29.0 Å². The molecule has 2 atom stereocenters. The molecule has 176 valence electrons. The molecule has 33 heavy (non-hydrogen) atoms. The highest BCUT2D eigenvalue weighted by Gasteiger charge is 2.29. The summed E-state index contributed by atoms with van der Waals surface area (Å²) in [6.45, 7) is 2.48. The number of carboxylic acid groups (broad SMARTS) is 1. The van der Waals surface area contributed by atoms with Crippen molar-refractivity contribution in [2.24, 2.45) is 5.92 Å². The van der Waals surface area contributed by atoms with Crippen molar-refractivity contribution in [3.8, 4) is 11.1 Å². The minimum absolute atomic E-state index is 0.0218. The molecule has 8 nitrogen and oxygen atoms in total. The van der Waals surface area contributed by atoms with Gasteiger partial charge in [0.2, 0.25) is 5.91 Å². The van der Waals surface area contributed by atoms with Gasteiger partial charge in [-0.1, -0.05) is 55.5 Å². The number of hydrogen-bond donors (Lipinski definition) is 3.